The Kier molecular flexibility index (Phi) is 10.0. The molecule has 2 aromatic carbocycles. The maximum absolute atomic E-state index is 13.3. The quantitative estimate of drug-likeness (QED) is 0.173. The van der Waals surface area contributed by atoms with Crippen LogP contribution in [0.4, 0.5) is 8.78 Å². The number of aliphatic hydroxyl groups is 4. The number of fused-ring (bicyclic) bond motifs is 1. The second-order valence-electron chi connectivity index (χ2n) is 11.2. The van der Waals surface area contributed by atoms with Gasteiger partial charge in [0, 0.05) is 30.2 Å². The van der Waals surface area contributed by atoms with Gasteiger partial charge in [-0.1, -0.05) is 6.07 Å². The maximum atomic E-state index is 13.3. The van der Waals surface area contributed by atoms with Gasteiger partial charge < -0.3 is 54.5 Å². The molecule has 0 unspecified atom stereocenters. The molecule has 0 spiro atoms. The summed E-state index contributed by atoms with van der Waals surface area (Å²) in [6.07, 6.45) is -5.38. The zero-order valence-electron chi connectivity index (χ0n) is 24.4. The lowest BCUT2D eigenvalue weighted by molar-refractivity contribution is -0.155. The summed E-state index contributed by atoms with van der Waals surface area (Å²) < 4.78 is 54.1. The number of carbonyl (C=O) groups is 1. The van der Waals surface area contributed by atoms with E-state index >= 15 is 0 Å². The molecule has 244 valence electrons. The molecule has 1 aliphatic carbocycles. The predicted molar refractivity (Wildman–Crippen MR) is 152 cm³/mol. The summed E-state index contributed by atoms with van der Waals surface area (Å²) in [4.78, 5) is 12.8. The summed E-state index contributed by atoms with van der Waals surface area (Å²) >= 11 is 0. The third-order valence-corrected chi connectivity index (χ3v) is 7.91. The molecule has 2 aliphatic heterocycles. The highest BCUT2D eigenvalue weighted by atomic mass is 19.1. The number of hydrogen-bond donors (Lipinski definition) is 6. The molecule has 9 atom stereocenters. The number of carbonyl (C=O) groups excluding carboxylic acids is 1. The molecule has 6 N–H and O–H groups in total. The molecule has 1 saturated carbocycles. The van der Waals surface area contributed by atoms with Gasteiger partial charge in [-0.25, -0.2) is 8.78 Å². The van der Waals surface area contributed by atoms with E-state index < -0.39 is 72.6 Å². The van der Waals surface area contributed by atoms with Gasteiger partial charge in [-0.2, -0.15) is 0 Å². The number of halogens is 2. The lowest BCUT2D eigenvalue weighted by atomic mass is 9.83. The fourth-order valence-electron chi connectivity index (χ4n) is 5.52. The minimum Gasteiger partial charge on any atom is -0.504 e. The second-order valence-corrected chi connectivity index (χ2v) is 11.2. The molecule has 0 radical (unpaired) electrons. The highest BCUT2D eigenvalue weighted by Crippen LogP contribution is 2.34. The van der Waals surface area contributed by atoms with E-state index in [1.54, 1.807) is 19.1 Å². The van der Waals surface area contributed by atoms with E-state index in [0.29, 0.717) is 11.1 Å². The number of aromatic hydroxyl groups is 1. The lowest BCUT2D eigenvalue weighted by Gasteiger charge is -2.41. The van der Waals surface area contributed by atoms with Gasteiger partial charge in [-0.3, -0.25) is 4.79 Å². The first-order valence-electron chi connectivity index (χ1n) is 14.3. The van der Waals surface area contributed by atoms with Crippen LogP contribution in [0.15, 0.2) is 53.6 Å². The van der Waals surface area contributed by atoms with Gasteiger partial charge >= 0.3 is 0 Å². The molecule has 3 fully saturated rings. The summed E-state index contributed by atoms with van der Waals surface area (Å²) in [6, 6.07) is 6.03. The molecular weight excluding hydrogens is 600 g/mol. The Labute approximate surface area is 257 Å². The first-order valence-corrected chi connectivity index (χ1v) is 14.3. The van der Waals surface area contributed by atoms with Crippen LogP contribution in [0.2, 0.25) is 0 Å². The Morgan fingerprint density at radius 3 is 2.38 bits per heavy atom. The Bertz CT molecular complexity index is 1430. The number of amides is 1. The number of phenols is 1. The number of rotatable bonds is 9. The van der Waals surface area contributed by atoms with Crippen LogP contribution in [0.5, 0.6) is 17.2 Å². The average Bonchev–Trinajstić information content (AvgIpc) is 3.62. The Balaban J connectivity index is 1.15. The molecule has 14 heteroatoms. The molecule has 12 nitrogen and oxygen atoms in total. The standard InChI is InChI=1S/C31H35F2NO11/c1-14(5-6-41-19-10-17(32)9-18(33)11-19)28-21(36)12-23(45-28)44-22-4-3-16(8-20(22)35)7-15(2)31(40)34-24-25(37)27(39)30-29(26(24)38)42-13-43-30/h3-5,7-11,21,23-30,35-39H,6,12-13H2,1-2H3,(H,34,40)/b14-5+,15-7+/t21-,23+,24+,25-,26+,27+,28+,29-,30+/m0/s1. The first kappa shape index (κ1) is 32.8. The Morgan fingerprint density at radius 2 is 1.69 bits per heavy atom. The average molecular weight is 636 g/mol. The molecule has 3 aliphatic rings. The van der Waals surface area contributed by atoms with Crippen LogP contribution in [0.3, 0.4) is 0 Å². The molecule has 2 heterocycles. The molecular formula is C31H35F2NO11. The van der Waals surface area contributed by atoms with E-state index in [1.807, 2.05) is 0 Å². The maximum Gasteiger partial charge on any atom is 0.247 e. The van der Waals surface area contributed by atoms with Crippen molar-refractivity contribution in [2.24, 2.45) is 0 Å². The highest BCUT2D eigenvalue weighted by Gasteiger charge is 2.53. The van der Waals surface area contributed by atoms with E-state index in [1.165, 1.54) is 25.1 Å². The third-order valence-electron chi connectivity index (χ3n) is 7.91. The van der Waals surface area contributed by atoms with E-state index in [0.717, 1.165) is 18.2 Å². The molecule has 5 rings (SSSR count). The van der Waals surface area contributed by atoms with Gasteiger partial charge in [-0.15, -0.1) is 0 Å². The van der Waals surface area contributed by atoms with Crippen LogP contribution in [0, 0.1) is 11.6 Å². The van der Waals surface area contributed by atoms with Crippen molar-refractivity contribution in [2.45, 2.75) is 75.3 Å². The predicted octanol–water partition coefficient (Wildman–Crippen LogP) is 1.28. The number of ether oxygens (including phenoxy) is 5. The van der Waals surface area contributed by atoms with Crippen molar-refractivity contribution in [3.05, 3.63) is 70.8 Å². The SMILES string of the molecule is C/C(=C\c1ccc(O[C@H]2C[C@H](O)[C@@H](/C(C)=C/COc3cc(F)cc(F)c3)O2)c(O)c1)C(=O)N[C@@H]1[C@H](O)[C@@H](O)[C@H]2OCO[C@H]2[C@@H]1O. The van der Waals surface area contributed by atoms with E-state index in [-0.39, 0.29) is 42.6 Å². The van der Waals surface area contributed by atoms with Crippen LogP contribution < -0.4 is 14.8 Å². The highest BCUT2D eigenvalue weighted by molar-refractivity contribution is 5.97. The third kappa shape index (κ3) is 7.44. The molecule has 2 saturated heterocycles. The minimum absolute atomic E-state index is 0.0181. The van der Waals surface area contributed by atoms with Crippen LogP contribution in [-0.2, 0) is 19.0 Å². The van der Waals surface area contributed by atoms with Crippen molar-refractivity contribution in [1.29, 1.82) is 0 Å². The lowest BCUT2D eigenvalue weighted by Crippen LogP contribution is -2.67. The molecule has 1 amide bonds. The van der Waals surface area contributed by atoms with Crippen LogP contribution in [0.1, 0.15) is 25.8 Å². The largest absolute Gasteiger partial charge is 0.504 e. The van der Waals surface area contributed by atoms with Gasteiger partial charge in [0.05, 0.1) is 12.1 Å². The summed E-state index contributed by atoms with van der Waals surface area (Å²) in [5.41, 5.74) is 1.23. The van der Waals surface area contributed by atoms with Crippen LogP contribution in [-0.4, -0.2) is 99.9 Å². The topological polar surface area (TPSA) is 176 Å². The van der Waals surface area contributed by atoms with Crippen LogP contribution >= 0.6 is 0 Å². The molecule has 0 aromatic heterocycles. The Hall–Kier alpha value is -3.63. The number of hydrogen-bond acceptors (Lipinski definition) is 11. The van der Waals surface area contributed by atoms with Gasteiger partial charge in [0.15, 0.2) is 11.5 Å². The second kappa shape index (κ2) is 13.8. The van der Waals surface area contributed by atoms with E-state index in [9.17, 15) is 39.1 Å². The van der Waals surface area contributed by atoms with Gasteiger partial charge in [0.25, 0.3) is 0 Å². The molecule has 0 bridgehead atoms. The van der Waals surface area contributed by atoms with Crippen molar-refractivity contribution >= 4 is 12.0 Å². The van der Waals surface area contributed by atoms with Crippen molar-refractivity contribution in [1.82, 2.24) is 5.32 Å². The number of phenolic OH excluding ortho intramolecular Hbond substituents is 1. The summed E-state index contributed by atoms with van der Waals surface area (Å²) in [5, 5.41) is 54.9. The van der Waals surface area contributed by atoms with Gasteiger partial charge in [-0.05, 0) is 49.3 Å². The number of aliphatic hydroxyl groups excluding tert-OH is 4. The number of benzene rings is 2. The zero-order valence-corrected chi connectivity index (χ0v) is 24.4. The Morgan fingerprint density at radius 1 is 1.00 bits per heavy atom. The minimum atomic E-state index is -1.49. The van der Waals surface area contributed by atoms with Gasteiger partial charge in [0.2, 0.25) is 12.2 Å². The van der Waals surface area contributed by atoms with Crippen molar-refractivity contribution in [3.8, 4) is 17.2 Å². The molecule has 2 aromatic rings. The van der Waals surface area contributed by atoms with E-state index in [2.05, 4.69) is 5.32 Å². The van der Waals surface area contributed by atoms with Gasteiger partial charge in [0.1, 0.15) is 67.4 Å². The first-order chi connectivity index (χ1) is 21.4. The van der Waals surface area contributed by atoms with Crippen molar-refractivity contribution in [2.75, 3.05) is 13.4 Å². The zero-order chi connectivity index (χ0) is 32.4. The smallest absolute Gasteiger partial charge is 0.247 e. The van der Waals surface area contributed by atoms with E-state index in [4.69, 9.17) is 23.7 Å². The fourth-order valence-corrected chi connectivity index (χ4v) is 5.52. The number of nitrogens with one attached hydrogen (secondary N) is 1. The van der Waals surface area contributed by atoms with Crippen LogP contribution in [0.25, 0.3) is 6.08 Å². The monoisotopic (exact) mass is 635 g/mol. The molecule has 45 heavy (non-hydrogen) atoms. The van der Waals surface area contributed by atoms with Crippen molar-refractivity contribution in [3.63, 3.8) is 0 Å². The summed E-state index contributed by atoms with van der Waals surface area (Å²) in [7, 11) is 0. The summed E-state index contributed by atoms with van der Waals surface area (Å²) in [5.74, 6) is -2.32. The van der Waals surface area contributed by atoms with Crippen molar-refractivity contribution < 1.29 is 62.8 Å². The normalized spacial score (nSPS) is 31.9. The fraction of sp³-hybridized carbons (Fsp3) is 0.452. The summed E-state index contributed by atoms with van der Waals surface area (Å²) in [6.45, 7) is 3.03.